The Morgan fingerprint density at radius 3 is 2.86 bits per heavy atom. The smallest absolute Gasteiger partial charge is 0.150 e. The van der Waals surface area contributed by atoms with E-state index in [9.17, 15) is 4.79 Å². The molecule has 1 heterocycles. The van der Waals surface area contributed by atoms with E-state index >= 15 is 0 Å². The minimum Gasteiger partial charge on any atom is -0.298 e. The first-order valence-corrected chi connectivity index (χ1v) is 5.71. The number of fused-ring (bicyclic) bond motifs is 1. The van der Waals surface area contributed by atoms with Crippen LogP contribution in [0, 0.1) is 0 Å². The fraction of sp³-hybridized carbons (Fsp3) is 0.100. The molecule has 0 aliphatic heterocycles. The van der Waals surface area contributed by atoms with Crippen LogP contribution in [0.5, 0.6) is 0 Å². The molecule has 1 nitrogen and oxygen atoms in total. The molecule has 2 aromatic rings. The van der Waals surface area contributed by atoms with Crippen molar-refractivity contribution in [2.75, 3.05) is 0 Å². The standard InChI is InChI=1S/C10H6Cl2OS/c11-4-8-7(5-13)2-1-6-3-9(12)14-10(6)8/h1-3,5H,4H2. The van der Waals surface area contributed by atoms with Gasteiger partial charge in [0.25, 0.3) is 0 Å². The molecule has 0 bridgehead atoms. The predicted octanol–water partition coefficient (Wildman–Crippen LogP) is 4.11. The molecule has 0 aliphatic rings. The van der Waals surface area contributed by atoms with Gasteiger partial charge >= 0.3 is 0 Å². The molecule has 2 rings (SSSR count). The van der Waals surface area contributed by atoms with Crippen molar-refractivity contribution in [1.29, 1.82) is 0 Å². The van der Waals surface area contributed by atoms with E-state index in [1.807, 2.05) is 12.1 Å². The van der Waals surface area contributed by atoms with Gasteiger partial charge in [0.05, 0.1) is 4.34 Å². The highest BCUT2D eigenvalue weighted by molar-refractivity contribution is 7.22. The van der Waals surface area contributed by atoms with Crippen molar-refractivity contribution < 1.29 is 4.79 Å². The Bertz CT molecular complexity index is 490. The lowest BCUT2D eigenvalue weighted by atomic mass is 10.1. The normalized spacial score (nSPS) is 10.7. The zero-order chi connectivity index (χ0) is 10.1. The van der Waals surface area contributed by atoms with Gasteiger partial charge in [0.15, 0.2) is 0 Å². The third kappa shape index (κ3) is 1.54. The number of alkyl halides is 1. The molecule has 0 radical (unpaired) electrons. The SMILES string of the molecule is O=Cc1ccc2cc(Cl)sc2c1CCl. The lowest BCUT2D eigenvalue weighted by Crippen LogP contribution is -1.88. The van der Waals surface area contributed by atoms with Gasteiger partial charge < -0.3 is 0 Å². The summed E-state index contributed by atoms with van der Waals surface area (Å²) in [6.07, 6.45) is 0.824. The Morgan fingerprint density at radius 1 is 1.43 bits per heavy atom. The highest BCUT2D eigenvalue weighted by Gasteiger charge is 2.08. The highest BCUT2D eigenvalue weighted by Crippen LogP contribution is 2.33. The van der Waals surface area contributed by atoms with Crippen LogP contribution in [0.3, 0.4) is 0 Å². The van der Waals surface area contributed by atoms with Gasteiger partial charge in [-0.15, -0.1) is 22.9 Å². The fourth-order valence-electron chi connectivity index (χ4n) is 1.39. The maximum atomic E-state index is 10.7. The number of benzene rings is 1. The van der Waals surface area contributed by atoms with Gasteiger partial charge in [-0.25, -0.2) is 0 Å². The molecule has 72 valence electrons. The Hall–Kier alpha value is -0.570. The van der Waals surface area contributed by atoms with Gasteiger partial charge in [-0.2, -0.15) is 0 Å². The van der Waals surface area contributed by atoms with E-state index < -0.39 is 0 Å². The third-order valence-corrected chi connectivity index (χ3v) is 3.66. The van der Waals surface area contributed by atoms with Crippen LogP contribution in [-0.4, -0.2) is 6.29 Å². The van der Waals surface area contributed by atoms with Crippen molar-refractivity contribution >= 4 is 50.9 Å². The summed E-state index contributed by atoms with van der Waals surface area (Å²) in [5.74, 6) is 0.336. The number of halogens is 2. The summed E-state index contributed by atoms with van der Waals surface area (Å²) in [6.45, 7) is 0. The van der Waals surface area contributed by atoms with Crippen LogP contribution in [0.2, 0.25) is 4.34 Å². The molecule has 0 spiro atoms. The summed E-state index contributed by atoms with van der Waals surface area (Å²) < 4.78 is 1.73. The van der Waals surface area contributed by atoms with Gasteiger partial charge in [0, 0.05) is 16.1 Å². The van der Waals surface area contributed by atoms with Crippen LogP contribution in [0.15, 0.2) is 18.2 Å². The summed E-state index contributed by atoms with van der Waals surface area (Å²) in [5, 5.41) is 1.04. The van der Waals surface area contributed by atoms with E-state index in [0.29, 0.717) is 11.4 Å². The van der Waals surface area contributed by atoms with Crippen molar-refractivity contribution in [3.05, 3.63) is 33.7 Å². The zero-order valence-corrected chi connectivity index (χ0v) is 9.42. The molecular weight excluding hydrogens is 239 g/mol. The molecule has 4 heteroatoms. The first-order chi connectivity index (χ1) is 6.76. The van der Waals surface area contributed by atoms with Crippen molar-refractivity contribution in [2.45, 2.75) is 5.88 Å². The van der Waals surface area contributed by atoms with E-state index in [2.05, 4.69) is 0 Å². The van der Waals surface area contributed by atoms with Crippen LogP contribution in [0.4, 0.5) is 0 Å². The first-order valence-electron chi connectivity index (χ1n) is 3.98. The van der Waals surface area contributed by atoms with E-state index in [-0.39, 0.29) is 0 Å². The largest absolute Gasteiger partial charge is 0.298 e. The average molecular weight is 245 g/mol. The van der Waals surface area contributed by atoms with Gasteiger partial charge in [-0.1, -0.05) is 23.7 Å². The lowest BCUT2D eigenvalue weighted by molar-refractivity contribution is 0.112. The van der Waals surface area contributed by atoms with Crippen LogP contribution in [-0.2, 0) is 5.88 Å². The van der Waals surface area contributed by atoms with Gasteiger partial charge in [-0.05, 0) is 17.0 Å². The molecule has 0 fully saturated rings. The molecule has 1 aromatic heterocycles. The number of hydrogen-bond donors (Lipinski definition) is 0. The summed E-state index contributed by atoms with van der Waals surface area (Å²) >= 11 is 13.2. The van der Waals surface area contributed by atoms with E-state index in [0.717, 1.165) is 26.3 Å². The van der Waals surface area contributed by atoms with Crippen LogP contribution >= 0.6 is 34.5 Å². The maximum Gasteiger partial charge on any atom is 0.150 e. The minimum absolute atomic E-state index is 0.336. The fourth-order valence-corrected chi connectivity index (χ4v) is 3.05. The number of hydrogen-bond acceptors (Lipinski definition) is 2. The first kappa shape index (κ1) is 9.97. The van der Waals surface area contributed by atoms with Gasteiger partial charge in [0.1, 0.15) is 6.29 Å². The van der Waals surface area contributed by atoms with Gasteiger partial charge in [0.2, 0.25) is 0 Å². The molecule has 14 heavy (non-hydrogen) atoms. The summed E-state index contributed by atoms with van der Waals surface area (Å²) in [7, 11) is 0. The topological polar surface area (TPSA) is 17.1 Å². The summed E-state index contributed by atoms with van der Waals surface area (Å²) in [4.78, 5) is 10.7. The quantitative estimate of drug-likeness (QED) is 0.574. The third-order valence-electron chi connectivity index (χ3n) is 2.06. The van der Waals surface area contributed by atoms with Crippen LogP contribution in [0.1, 0.15) is 15.9 Å². The monoisotopic (exact) mass is 244 g/mol. The number of carbonyl (C=O) groups is 1. The maximum absolute atomic E-state index is 10.7. The minimum atomic E-state index is 0.336. The number of aldehydes is 1. The highest BCUT2D eigenvalue weighted by atomic mass is 35.5. The van der Waals surface area contributed by atoms with E-state index in [4.69, 9.17) is 23.2 Å². The van der Waals surface area contributed by atoms with Gasteiger partial charge in [-0.3, -0.25) is 4.79 Å². The van der Waals surface area contributed by atoms with E-state index in [1.54, 1.807) is 6.07 Å². The predicted molar refractivity (Wildman–Crippen MR) is 61.8 cm³/mol. The molecule has 0 atom stereocenters. The number of thiophene rings is 1. The molecular formula is C10H6Cl2OS. The molecule has 0 N–H and O–H groups in total. The Balaban J connectivity index is 2.82. The van der Waals surface area contributed by atoms with Crippen LogP contribution < -0.4 is 0 Å². The second-order valence-corrected chi connectivity index (χ2v) is 4.80. The van der Waals surface area contributed by atoms with Crippen molar-refractivity contribution in [1.82, 2.24) is 0 Å². The molecule has 1 aromatic carbocycles. The van der Waals surface area contributed by atoms with Crippen molar-refractivity contribution in [3.63, 3.8) is 0 Å². The molecule has 0 saturated carbocycles. The zero-order valence-electron chi connectivity index (χ0n) is 7.09. The summed E-state index contributed by atoms with van der Waals surface area (Å²) in [6, 6.07) is 5.54. The number of carbonyl (C=O) groups excluding carboxylic acids is 1. The molecule has 0 unspecified atom stereocenters. The Morgan fingerprint density at radius 2 is 2.21 bits per heavy atom. The second-order valence-electron chi connectivity index (χ2n) is 2.85. The number of rotatable bonds is 2. The van der Waals surface area contributed by atoms with Crippen molar-refractivity contribution in [2.24, 2.45) is 0 Å². The summed E-state index contributed by atoms with van der Waals surface area (Å²) in [5.41, 5.74) is 1.52. The lowest BCUT2D eigenvalue weighted by Gasteiger charge is -2.01. The van der Waals surface area contributed by atoms with E-state index in [1.165, 1.54) is 11.3 Å². The Kier molecular flexibility index (Phi) is 2.77. The average Bonchev–Trinajstić information content (AvgIpc) is 2.56. The van der Waals surface area contributed by atoms with Crippen LogP contribution in [0.25, 0.3) is 10.1 Å². The Labute approximate surface area is 95.3 Å². The van der Waals surface area contributed by atoms with Crippen molar-refractivity contribution in [3.8, 4) is 0 Å². The molecule has 0 amide bonds. The molecule has 0 aliphatic carbocycles. The molecule has 0 saturated heterocycles. The second kappa shape index (κ2) is 3.89.